The predicted molar refractivity (Wildman–Crippen MR) is 130 cm³/mol. The van der Waals surface area contributed by atoms with Gasteiger partial charge in [0.15, 0.2) is 0 Å². The highest BCUT2D eigenvalue weighted by atomic mass is 32.1. The number of rotatable bonds is 5. The van der Waals surface area contributed by atoms with Gasteiger partial charge in [-0.25, -0.2) is 4.98 Å². The third-order valence-corrected chi connectivity index (χ3v) is 7.51. The van der Waals surface area contributed by atoms with Crippen molar-refractivity contribution >= 4 is 39.1 Å². The number of hydrogen-bond acceptors (Lipinski definition) is 6. The zero-order chi connectivity index (χ0) is 23.7. The molecule has 1 aliphatic rings. The van der Waals surface area contributed by atoms with E-state index in [0.29, 0.717) is 26.6 Å². The highest BCUT2D eigenvalue weighted by Gasteiger charge is 2.23. The number of amides is 1. The van der Waals surface area contributed by atoms with Crippen LogP contribution in [0.25, 0.3) is 10.2 Å². The van der Waals surface area contributed by atoms with Gasteiger partial charge in [-0.3, -0.25) is 19.0 Å². The number of ether oxygens (including phenoxy) is 1. The summed E-state index contributed by atoms with van der Waals surface area (Å²) >= 11 is 1.18. The Morgan fingerprint density at radius 1 is 1.18 bits per heavy atom. The molecular weight excluding hydrogens is 438 g/mol. The summed E-state index contributed by atoms with van der Waals surface area (Å²) in [7, 11) is 0. The van der Waals surface area contributed by atoms with Crippen molar-refractivity contribution in [3.05, 3.63) is 56.4 Å². The summed E-state index contributed by atoms with van der Waals surface area (Å²) in [6.07, 6.45) is 5.10. The molecule has 1 saturated carbocycles. The molecular formula is C25H29N3O4S. The van der Waals surface area contributed by atoms with E-state index < -0.39 is 5.97 Å². The Kier molecular flexibility index (Phi) is 6.65. The molecule has 2 heterocycles. The zero-order valence-corrected chi connectivity index (χ0v) is 20.3. The lowest BCUT2D eigenvalue weighted by molar-refractivity contribution is -0.151. The van der Waals surface area contributed by atoms with Crippen LogP contribution >= 0.6 is 11.3 Å². The van der Waals surface area contributed by atoms with Crippen LogP contribution in [0.5, 0.6) is 0 Å². The molecule has 1 aromatic carbocycles. The molecule has 0 atom stereocenters. The lowest BCUT2D eigenvalue weighted by atomic mass is 9.89. The molecule has 1 N–H and O–H groups in total. The van der Waals surface area contributed by atoms with Crippen LogP contribution in [-0.4, -0.2) is 27.5 Å². The van der Waals surface area contributed by atoms with E-state index in [9.17, 15) is 14.4 Å². The summed E-state index contributed by atoms with van der Waals surface area (Å²) in [6.45, 7) is 7.69. The predicted octanol–water partition coefficient (Wildman–Crippen LogP) is 4.76. The maximum atomic E-state index is 13.1. The van der Waals surface area contributed by atoms with Gasteiger partial charge in [-0.05, 0) is 69.6 Å². The van der Waals surface area contributed by atoms with Crippen molar-refractivity contribution in [3.63, 3.8) is 0 Å². The number of nitrogens with one attached hydrogen (secondary N) is 1. The zero-order valence-electron chi connectivity index (χ0n) is 19.4. The molecule has 33 heavy (non-hydrogen) atoms. The Morgan fingerprint density at radius 3 is 2.61 bits per heavy atom. The minimum Gasteiger partial charge on any atom is -0.461 e. The molecule has 1 aliphatic carbocycles. The second kappa shape index (κ2) is 9.47. The maximum Gasteiger partial charge on any atom is 0.326 e. The molecule has 0 bridgehead atoms. The van der Waals surface area contributed by atoms with Crippen LogP contribution in [0.1, 0.15) is 59.0 Å². The highest BCUT2D eigenvalue weighted by Crippen LogP contribution is 2.29. The van der Waals surface area contributed by atoms with Gasteiger partial charge in [0.2, 0.25) is 0 Å². The van der Waals surface area contributed by atoms with Gasteiger partial charge in [0, 0.05) is 5.69 Å². The second-order valence-electron chi connectivity index (χ2n) is 9.06. The fourth-order valence-corrected chi connectivity index (χ4v) is 5.37. The fraction of sp³-hybridized carbons (Fsp3) is 0.440. The number of esters is 1. The van der Waals surface area contributed by atoms with E-state index in [1.165, 1.54) is 22.2 Å². The quantitative estimate of drug-likeness (QED) is 0.547. The normalized spacial score (nSPS) is 18.3. The Hall–Kier alpha value is -3.00. The molecule has 174 valence electrons. The summed E-state index contributed by atoms with van der Waals surface area (Å²) in [5.41, 5.74) is 3.04. The highest BCUT2D eigenvalue weighted by molar-refractivity contribution is 7.20. The number of aromatic nitrogens is 2. The lowest BCUT2D eigenvalue weighted by Gasteiger charge is -2.26. The fourth-order valence-electron chi connectivity index (χ4n) is 4.33. The Morgan fingerprint density at radius 2 is 1.91 bits per heavy atom. The molecule has 2 aromatic heterocycles. The first-order chi connectivity index (χ1) is 15.7. The number of fused-ring (bicyclic) bond motifs is 1. The van der Waals surface area contributed by atoms with Crippen LogP contribution in [0.15, 0.2) is 29.3 Å². The van der Waals surface area contributed by atoms with Gasteiger partial charge < -0.3 is 10.1 Å². The summed E-state index contributed by atoms with van der Waals surface area (Å²) in [6, 6.07) is 5.81. The summed E-state index contributed by atoms with van der Waals surface area (Å²) in [5, 5.41) is 3.30. The van der Waals surface area contributed by atoms with Crippen molar-refractivity contribution in [1.29, 1.82) is 0 Å². The standard InChI is InChI=1S/C25H29N3O4S/c1-14-5-8-18(9-6-14)32-20(29)12-28-13-26-24-21(25(28)31)17(4)22(33-24)23(30)27-19-10-7-15(2)11-16(19)3/h7,10-11,13-14,18H,5-6,8-9,12H2,1-4H3,(H,27,30). The largest absolute Gasteiger partial charge is 0.461 e. The average Bonchev–Trinajstić information content (AvgIpc) is 3.11. The van der Waals surface area contributed by atoms with E-state index in [0.717, 1.165) is 42.5 Å². The van der Waals surface area contributed by atoms with Crippen LogP contribution < -0.4 is 10.9 Å². The average molecular weight is 468 g/mol. The van der Waals surface area contributed by atoms with Gasteiger partial charge in [-0.1, -0.05) is 24.6 Å². The van der Waals surface area contributed by atoms with Crippen LogP contribution in [0, 0.1) is 26.7 Å². The van der Waals surface area contributed by atoms with E-state index in [2.05, 4.69) is 17.2 Å². The van der Waals surface area contributed by atoms with Crippen LogP contribution in [0.2, 0.25) is 0 Å². The third-order valence-electron chi connectivity index (χ3n) is 6.31. The summed E-state index contributed by atoms with van der Waals surface area (Å²) in [4.78, 5) is 43.7. The molecule has 1 fully saturated rings. The van der Waals surface area contributed by atoms with Crippen molar-refractivity contribution in [2.75, 3.05) is 5.32 Å². The Bertz CT molecular complexity index is 1270. The van der Waals surface area contributed by atoms with Crippen molar-refractivity contribution < 1.29 is 14.3 Å². The van der Waals surface area contributed by atoms with E-state index in [1.54, 1.807) is 6.92 Å². The first-order valence-electron chi connectivity index (χ1n) is 11.3. The van der Waals surface area contributed by atoms with Crippen molar-refractivity contribution in [3.8, 4) is 0 Å². The number of carbonyl (C=O) groups is 2. The Labute approximate surface area is 196 Å². The van der Waals surface area contributed by atoms with Gasteiger partial charge in [-0.2, -0.15) is 0 Å². The molecule has 7 nitrogen and oxygen atoms in total. The van der Waals surface area contributed by atoms with Gasteiger partial charge in [0.25, 0.3) is 11.5 Å². The molecule has 4 rings (SSSR count). The Balaban J connectivity index is 1.53. The molecule has 1 amide bonds. The first-order valence-corrected chi connectivity index (χ1v) is 12.1. The van der Waals surface area contributed by atoms with E-state index in [1.807, 2.05) is 32.0 Å². The maximum absolute atomic E-state index is 13.1. The van der Waals surface area contributed by atoms with Crippen LogP contribution in [0.4, 0.5) is 5.69 Å². The van der Waals surface area contributed by atoms with Crippen molar-refractivity contribution in [1.82, 2.24) is 9.55 Å². The van der Waals surface area contributed by atoms with Gasteiger partial charge in [0.1, 0.15) is 17.5 Å². The molecule has 3 aromatic rings. The molecule has 0 unspecified atom stereocenters. The lowest BCUT2D eigenvalue weighted by Crippen LogP contribution is -2.29. The molecule has 0 spiro atoms. The van der Waals surface area contributed by atoms with Crippen LogP contribution in [-0.2, 0) is 16.1 Å². The smallest absolute Gasteiger partial charge is 0.326 e. The van der Waals surface area contributed by atoms with Crippen molar-refractivity contribution in [2.24, 2.45) is 5.92 Å². The van der Waals surface area contributed by atoms with E-state index in [4.69, 9.17) is 4.74 Å². The minimum atomic E-state index is -0.432. The van der Waals surface area contributed by atoms with Crippen LogP contribution in [0.3, 0.4) is 0 Å². The summed E-state index contributed by atoms with van der Waals surface area (Å²) < 4.78 is 6.85. The van der Waals surface area contributed by atoms with E-state index >= 15 is 0 Å². The molecule has 0 saturated heterocycles. The van der Waals surface area contributed by atoms with E-state index in [-0.39, 0.29) is 24.1 Å². The summed E-state index contributed by atoms with van der Waals surface area (Å²) in [5.74, 6) is -0.0464. The van der Waals surface area contributed by atoms with Crippen molar-refractivity contribution in [2.45, 2.75) is 66.0 Å². The number of anilines is 1. The number of benzene rings is 1. The minimum absolute atomic E-state index is 0.0792. The molecule has 0 radical (unpaired) electrons. The molecule has 0 aliphatic heterocycles. The van der Waals surface area contributed by atoms with Gasteiger partial charge >= 0.3 is 5.97 Å². The second-order valence-corrected chi connectivity index (χ2v) is 10.1. The van der Waals surface area contributed by atoms with Gasteiger partial charge in [-0.15, -0.1) is 11.3 Å². The number of hydrogen-bond donors (Lipinski definition) is 1. The number of thiophene rings is 1. The number of aryl methyl sites for hydroxylation is 3. The monoisotopic (exact) mass is 467 g/mol. The number of carbonyl (C=O) groups excluding carboxylic acids is 2. The first kappa shape index (κ1) is 23.2. The SMILES string of the molecule is Cc1ccc(NC(=O)c2sc3ncn(CC(=O)OC4CCC(C)CC4)c(=O)c3c2C)c(C)c1. The topological polar surface area (TPSA) is 90.3 Å². The third kappa shape index (κ3) is 5.00. The number of nitrogens with zero attached hydrogens (tertiary/aromatic N) is 2. The molecule has 8 heteroatoms. The van der Waals surface area contributed by atoms with Gasteiger partial charge in [0.05, 0.1) is 16.6 Å².